The van der Waals surface area contributed by atoms with Gasteiger partial charge in [0.25, 0.3) is 0 Å². The zero-order valence-corrected chi connectivity index (χ0v) is 13.0. The highest BCUT2D eigenvalue weighted by atomic mass is 19.1. The van der Waals surface area contributed by atoms with Gasteiger partial charge in [0.1, 0.15) is 17.7 Å². The summed E-state index contributed by atoms with van der Waals surface area (Å²) < 4.78 is 36.9. The smallest absolute Gasteiger partial charge is 0.306 e. The van der Waals surface area contributed by atoms with Gasteiger partial charge in [-0.15, -0.1) is 0 Å². The Bertz CT molecular complexity index is 574. The van der Waals surface area contributed by atoms with Gasteiger partial charge in [0.2, 0.25) is 0 Å². The predicted octanol–water partition coefficient (Wildman–Crippen LogP) is 3.43. The van der Waals surface area contributed by atoms with Gasteiger partial charge < -0.3 is 9.47 Å². The van der Waals surface area contributed by atoms with Crippen molar-refractivity contribution in [2.75, 3.05) is 7.11 Å². The van der Waals surface area contributed by atoms with Crippen LogP contribution in [0.15, 0.2) is 18.2 Å². The molecule has 0 aliphatic heterocycles. The van der Waals surface area contributed by atoms with E-state index < -0.39 is 23.4 Å². The van der Waals surface area contributed by atoms with Crippen molar-refractivity contribution in [3.05, 3.63) is 35.4 Å². The molecule has 0 spiro atoms. The maximum Gasteiger partial charge on any atom is 0.306 e. The van der Waals surface area contributed by atoms with E-state index in [9.17, 15) is 18.4 Å². The fourth-order valence-corrected chi connectivity index (χ4v) is 2.73. The van der Waals surface area contributed by atoms with E-state index in [1.807, 2.05) is 0 Å². The summed E-state index contributed by atoms with van der Waals surface area (Å²) in [5.41, 5.74) is -0.212. The molecule has 0 bridgehead atoms. The molecule has 1 saturated carbocycles. The largest absolute Gasteiger partial charge is 0.462 e. The second-order valence-corrected chi connectivity index (χ2v) is 5.68. The van der Waals surface area contributed by atoms with Crippen LogP contribution in [0.2, 0.25) is 0 Å². The number of ether oxygens (including phenoxy) is 2. The number of carbonyl (C=O) groups excluding carboxylic acids is 2. The van der Waals surface area contributed by atoms with Crippen molar-refractivity contribution in [3.8, 4) is 0 Å². The number of halogens is 2. The molecule has 2 rings (SSSR count). The highest BCUT2D eigenvalue weighted by Crippen LogP contribution is 2.23. The first kappa shape index (κ1) is 17.5. The van der Waals surface area contributed by atoms with Crippen LogP contribution in [-0.4, -0.2) is 31.1 Å². The lowest BCUT2D eigenvalue weighted by molar-refractivity contribution is -0.152. The van der Waals surface area contributed by atoms with Crippen LogP contribution in [0.1, 0.15) is 48.9 Å². The monoisotopic (exact) mass is 326 g/mol. The van der Waals surface area contributed by atoms with E-state index in [1.165, 1.54) is 0 Å². The molecule has 6 heteroatoms. The summed E-state index contributed by atoms with van der Waals surface area (Å²) in [6.45, 7) is 0. The minimum absolute atomic E-state index is 0.0940. The molecular formula is C17H20F2O4. The number of hydrogen-bond donors (Lipinski definition) is 0. The summed E-state index contributed by atoms with van der Waals surface area (Å²) in [6, 6.07) is 2.75. The van der Waals surface area contributed by atoms with E-state index in [0.717, 1.165) is 31.4 Å². The van der Waals surface area contributed by atoms with Gasteiger partial charge in [-0.3, -0.25) is 9.59 Å². The third-order valence-corrected chi connectivity index (χ3v) is 4.00. The first-order valence-electron chi connectivity index (χ1n) is 7.70. The van der Waals surface area contributed by atoms with Crippen LogP contribution in [0, 0.1) is 11.6 Å². The summed E-state index contributed by atoms with van der Waals surface area (Å²) in [7, 11) is 1.63. The summed E-state index contributed by atoms with van der Waals surface area (Å²) in [4.78, 5) is 23.7. The first-order chi connectivity index (χ1) is 11.0. The average Bonchev–Trinajstić information content (AvgIpc) is 2.53. The molecule has 0 aromatic heterocycles. The van der Waals surface area contributed by atoms with Gasteiger partial charge in [-0.25, -0.2) is 8.78 Å². The molecule has 0 heterocycles. The van der Waals surface area contributed by atoms with E-state index in [0.29, 0.717) is 12.5 Å². The van der Waals surface area contributed by atoms with Gasteiger partial charge in [-0.05, 0) is 31.4 Å². The maximum atomic E-state index is 13.5. The zero-order chi connectivity index (χ0) is 16.8. The zero-order valence-electron chi connectivity index (χ0n) is 13.0. The fraction of sp³-hybridized carbons (Fsp3) is 0.529. The Kier molecular flexibility index (Phi) is 6.21. The lowest BCUT2D eigenvalue weighted by Gasteiger charge is -2.27. The number of rotatable bonds is 6. The molecule has 1 aliphatic rings. The van der Waals surface area contributed by atoms with E-state index in [-0.39, 0.29) is 30.6 Å². The average molecular weight is 326 g/mol. The van der Waals surface area contributed by atoms with Crippen LogP contribution in [0.5, 0.6) is 0 Å². The van der Waals surface area contributed by atoms with Crippen LogP contribution in [0.3, 0.4) is 0 Å². The van der Waals surface area contributed by atoms with Crippen molar-refractivity contribution in [2.45, 2.75) is 50.7 Å². The first-order valence-corrected chi connectivity index (χ1v) is 7.70. The number of methoxy groups -OCH3 is 1. The molecule has 0 radical (unpaired) electrons. The fourth-order valence-electron chi connectivity index (χ4n) is 2.73. The number of esters is 1. The van der Waals surface area contributed by atoms with Gasteiger partial charge in [-0.1, -0.05) is 0 Å². The van der Waals surface area contributed by atoms with Crippen molar-refractivity contribution < 1.29 is 27.8 Å². The second kappa shape index (κ2) is 8.15. The molecule has 4 nitrogen and oxygen atoms in total. The van der Waals surface area contributed by atoms with Crippen LogP contribution in [0.4, 0.5) is 8.78 Å². The Balaban J connectivity index is 1.80. The molecule has 1 fully saturated rings. The predicted molar refractivity (Wildman–Crippen MR) is 79.1 cm³/mol. The van der Waals surface area contributed by atoms with Gasteiger partial charge >= 0.3 is 5.97 Å². The summed E-state index contributed by atoms with van der Waals surface area (Å²) >= 11 is 0. The molecule has 0 unspecified atom stereocenters. The number of ketones is 1. The Morgan fingerprint density at radius 3 is 2.61 bits per heavy atom. The Morgan fingerprint density at radius 2 is 1.91 bits per heavy atom. The second-order valence-electron chi connectivity index (χ2n) is 5.68. The third-order valence-electron chi connectivity index (χ3n) is 4.00. The summed E-state index contributed by atoms with van der Waals surface area (Å²) in [5.74, 6) is -2.69. The van der Waals surface area contributed by atoms with Crippen LogP contribution >= 0.6 is 0 Å². The van der Waals surface area contributed by atoms with Crippen molar-refractivity contribution in [1.82, 2.24) is 0 Å². The highest BCUT2D eigenvalue weighted by molar-refractivity contribution is 5.97. The van der Waals surface area contributed by atoms with Crippen LogP contribution in [-0.2, 0) is 14.3 Å². The molecule has 2 atom stereocenters. The topological polar surface area (TPSA) is 52.6 Å². The molecule has 23 heavy (non-hydrogen) atoms. The number of hydrogen-bond acceptors (Lipinski definition) is 4. The Morgan fingerprint density at radius 1 is 1.17 bits per heavy atom. The van der Waals surface area contributed by atoms with E-state index in [2.05, 4.69) is 0 Å². The molecule has 126 valence electrons. The standard InChI is InChI=1S/C17H20F2O4/c1-22-12-3-2-4-13(10-12)23-17(21)8-7-16(20)14-6-5-11(18)9-15(14)19/h5-6,9,12-13H,2-4,7-8,10H2,1H3/t12-,13+/m0/s1. The molecule has 1 aromatic carbocycles. The molecule has 0 N–H and O–H groups in total. The minimum Gasteiger partial charge on any atom is -0.462 e. The van der Waals surface area contributed by atoms with Crippen LogP contribution in [0.25, 0.3) is 0 Å². The molecule has 1 aromatic rings. The van der Waals surface area contributed by atoms with Gasteiger partial charge in [-0.2, -0.15) is 0 Å². The molecule has 0 amide bonds. The SMILES string of the molecule is CO[C@H]1CCC[C@@H](OC(=O)CCC(=O)c2ccc(F)cc2F)C1. The van der Waals surface area contributed by atoms with Crippen molar-refractivity contribution in [2.24, 2.45) is 0 Å². The van der Waals surface area contributed by atoms with Crippen molar-refractivity contribution in [1.29, 1.82) is 0 Å². The number of carbonyl (C=O) groups is 2. The highest BCUT2D eigenvalue weighted by Gasteiger charge is 2.25. The molecule has 1 aliphatic carbocycles. The van der Waals surface area contributed by atoms with Gasteiger partial charge in [0, 0.05) is 26.0 Å². The van der Waals surface area contributed by atoms with E-state index >= 15 is 0 Å². The van der Waals surface area contributed by atoms with Gasteiger partial charge in [0.15, 0.2) is 5.78 Å². The van der Waals surface area contributed by atoms with Gasteiger partial charge in [0.05, 0.1) is 18.1 Å². The maximum absolute atomic E-state index is 13.5. The van der Waals surface area contributed by atoms with Crippen molar-refractivity contribution in [3.63, 3.8) is 0 Å². The molecule has 0 saturated heterocycles. The summed E-state index contributed by atoms with van der Waals surface area (Å²) in [5, 5.41) is 0. The lowest BCUT2D eigenvalue weighted by atomic mass is 9.95. The molecular weight excluding hydrogens is 306 g/mol. The Labute approximate surface area is 133 Å². The van der Waals surface area contributed by atoms with Crippen LogP contribution < -0.4 is 0 Å². The Hall–Kier alpha value is -1.82. The normalized spacial score (nSPS) is 21.0. The van der Waals surface area contributed by atoms with E-state index in [1.54, 1.807) is 7.11 Å². The van der Waals surface area contributed by atoms with E-state index in [4.69, 9.17) is 9.47 Å². The third kappa shape index (κ3) is 5.10. The lowest BCUT2D eigenvalue weighted by Crippen LogP contribution is -2.29. The number of Topliss-reactive ketones (excluding diaryl/α,β-unsaturated/α-hetero) is 1. The van der Waals surface area contributed by atoms with Crippen molar-refractivity contribution >= 4 is 11.8 Å². The summed E-state index contributed by atoms with van der Waals surface area (Å²) in [6.07, 6.45) is 2.93. The minimum atomic E-state index is -0.918. The number of benzene rings is 1. The quantitative estimate of drug-likeness (QED) is 0.594.